The van der Waals surface area contributed by atoms with Crippen molar-refractivity contribution in [2.24, 2.45) is 0 Å². The molecule has 23 heavy (non-hydrogen) atoms. The molecular weight excluding hydrogens is 286 g/mol. The summed E-state index contributed by atoms with van der Waals surface area (Å²) < 4.78 is 0. The number of carbonyl (C=O) groups is 1. The Labute approximate surface area is 140 Å². The van der Waals surface area contributed by atoms with E-state index in [0.717, 1.165) is 44.6 Å². The summed E-state index contributed by atoms with van der Waals surface area (Å²) in [4.78, 5) is 19.6. The Morgan fingerprint density at radius 1 is 1.09 bits per heavy atom. The number of likely N-dealkylation sites (N-methyl/N-ethyl adjacent to an activating group) is 1. The summed E-state index contributed by atoms with van der Waals surface area (Å²) in [6.07, 6.45) is 4.85. The molecule has 1 amide bonds. The van der Waals surface area contributed by atoms with Crippen LogP contribution in [0.3, 0.4) is 0 Å². The van der Waals surface area contributed by atoms with Crippen LogP contribution in [0.25, 0.3) is 0 Å². The van der Waals surface area contributed by atoms with Crippen molar-refractivity contribution in [1.29, 1.82) is 0 Å². The molecule has 0 N–H and O–H groups in total. The monoisotopic (exact) mass is 315 g/mol. The Morgan fingerprint density at radius 2 is 1.78 bits per heavy atom. The highest BCUT2D eigenvalue weighted by molar-refractivity contribution is 5.94. The molecule has 126 valence electrons. The smallest absolute Gasteiger partial charge is 0.253 e. The third-order valence-corrected chi connectivity index (χ3v) is 5.56. The summed E-state index contributed by atoms with van der Waals surface area (Å²) in [5, 5.41) is 0. The van der Waals surface area contributed by atoms with Gasteiger partial charge in [0.1, 0.15) is 0 Å². The lowest BCUT2D eigenvalue weighted by atomic mass is 9.84. The van der Waals surface area contributed by atoms with Gasteiger partial charge in [-0.05, 0) is 58.5 Å². The van der Waals surface area contributed by atoms with Crippen molar-refractivity contribution in [3.63, 3.8) is 0 Å². The molecule has 0 bridgehead atoms. The first kappa shape index (κ1) is 16.5. The van der Waals surface area contributed by atoms with Gasteiger partial charge in [0.25, 0.3) is 5.91 Å². The Bertz CT molecular complexity index is 521. The number of piperidine rings is 1. The number of hydrogen-bond acceptors (Lipinski definition) is 3. The predicted octanol–water partition coefficient (Wildman–Crippen LogP) is 2.32. The molecule has 1 aromatic rings. The van der Waals surface area contributed by atoms with E-state index < -0.39 is 0 Å². The molecule has 2 aliphatic rings. The predicted molar refractivity (Wildman–Crippen MR) is 93.7 cm³/mol. The Kier molecular flexibility index (Phi) is 5.02. The molecule has 1 spiro atoms. The summed E-state index contributed by atoms with van der Waals surface area (Å²) in [5.74, 6) is 0.193. The summed E-state index contributed by atoms with van der Waals surface area (Å²) >= 11 is 0. The van der Waals surface area contributed by atoms with Crippen molar-refractivity contribution >= 4 is 5.91 Å². The van der Waals surface area contributed by atoms with Crippen LogP contribution in [0.1, 0.15) is 36.0 Å². The standard InChI is InChI=1S/C19H29N3O/c1-20(2)15-16-22-12-6-9-19(22)10-13-21(14-11-19)18(23)17-7-4-3-5-8-17/h3-5,7-8H,6,9-16H2,1-2H3. The van der Waals surface area contributed by atoms with E-state index in [9.17, 15) is 4.79 Å². The zero-order valence-corrected chi connectivity index (χ0v) is 14.5. The minimum Gasteiger partial charge on any atom is -0.339 e. The highest BCUT2D eigenvalue weighted by Gasteiger charge is 2.43. The summed E-state index contributed by atoms with van der Waals surface area (Å²) in [5.41, 5.74) is 1.17. The van der Waals surface area contributed by atoms with Gasteiger partial charge in [-0.15, -0.1) is 0 Å². The van der Waals surface area contributed by atoms with Crippen LogP contribution < -0.4 is 0 Å². The second-order valence-corrected chi connectivity index (χ2v) is 7.28. The lowest BCUT2D eigenvalue weighted by molar-refractivity contribution is 0.0393. The van der Waals surface area contributed by atoms with Crippen molar-refractivity contribution in [2.45, 2.75) is 31.2 Å². The van der Waals surface area contributed by atoms with E-state index in [0.29, 0.717) is 5.54 Å². The highest BCUT2D eigenvalue weighted by Crippen LogP contribution is 2.38. The van der Waals surface area contributed by atoms with Crippen LogP contribution in [0.15, 0.2) is 30.3 Å². The number of amides is 1. The van der Waals surface area contributed by atoms with Crippen LogP contribution in [0.5, 0.6) is 0 Å². The first-order valence-electron chi connectivity index (χ1n) is 8.85. The van der Waals surface area contributed by atoms with Crippen LogP contribution in [-0.2, 0) is 0 Å². The first-order valence-corrected chi connectivity index (χ1v) is 8.85. The zero-order valence-electron chi connectivity index (χ0n) is 14.5. The average Bonchev–Trinajstić information content (AvgIpc) is 2.96. The van der Waals surface area contributed by atoms with Gasteiger partial charge in [-0.2, -0.15) is 0 Å². The number of nitrogens with zero attached hydrogens (tertiary/aromatic N) is 3. The Balaban J connectivity index is 1.60. The molecule has 3 rings (SSSR count). The number of hydrogen-bond donors (Lipinski definition) is 0. The maximum atomic E-state index is 12.6. The third kappa shape index (κ3) is 3.59. The average molecular weight is 315 g/mol. The maximum Gasteiger partial charge on any atom is 0.253 e. The fraction of sp³-hybridized carbons (Fsp3) is 0.632. The number of benzene rings is 1. The van der Waals surface area contributed by atoms with E-state index in [1.54, 1.807) is 0 Å². The van der Waals surface area contributed by atoms with Crippen molar-refractivity contribution in [2.75, 3.05) is 46.8 Å². The molecule has 0 unspecified atom stereocenters. The van der Waals surface area contributed by atoms with E-state index in [1.165, 1.54) is 19.4 Å². The molecule has 0 aromatic heterocycles. The molecule has 0 saturated carbocycles. The van der Waals surface area contributed by atoms with Crippen LogP contribution >= 0.6 is 0 Å². The molecule has 4 nitrogen and oxygen atoms in total. The molecule has 2 saturated heterocycles. The van der Waals surface area contributed by atoms with E-state index in [1.807, 2.05) is 35.2 Å². The summed E-state index contributed by atoms with van der Waals surface area (Å²) in [6, 6.07) is 9.69. The van der Waals surface area contributed by atoms with Crippen LogP contribution in [-0.4, -0.2) is 73.0 Å². The van der Waals surface area contributed by atoms with Gasteiger partial charge < -0.3 is 9.80 Å². The van der Waals surface area contributed by atoms with Crippen molar-refractivity contribution in [3.05, 3.63) is 35.9 Å². The fourth-order valence-electron chi connectivity index (χ4n) is 4.12. The molecule has 2 fully saturated rings. The molecule has 1 aromatic carbocycles. The zero-order chi connectivity index (χ0) is 16.3. The minimum atomic E-state index is 0.193. The maximum absolute atomic E-state index is 12.6. The largest absolute Gasteiger partial charge is 0.339 e. The minimum absolute atomic E-state index is 0.193. The molecule has 2 heterocycles. The molecule has 2 aliphatic heterocycles. The van der Waals surface area contributed by atoms with Gasteiger partial charge in [0.2, 0.25) is 0 Å². The summed E-state index contributed by atoms with van der Waals surface area (Å²) in [6.45, 7) is 5.28. The second-order valence-electron chi connectivity index (χ2n) is 7.28. The highest BCUT2D eigenvalue weighted by atomic mass is 16.2. The van der Waals surface area contributed by atoms with Crippen molar-refractivity contribution in [1.82, 2.24) is 14.7 Å². The van der Waals surface area contributed by atoms with Crippen LogP contribution in [0.2, 0.25) is 0 Å². The molecule has 0 radical (unpaired) electrons. The quantitative estimate of drug-likeness (QED) is 0.853. The molecular formula is C19H29N3O. The fourth-order valence-corrected chi connectivity index (χ4v) is 4.12. The van der Waals surface area contributed by atoms with E-state index in [2.05, 4.69) is 23.9 Å². The molecule has 4 heteroatoms. The number of rotatable bonds is 4. The third-order valence-electron chi connectivity index (χ3n) is 5.56. The lowest BCUT2D eigenvalue weighted by Crippen LogP contribution is -2.54. The van der Waals surface area contributed by atoms with Gasteiger partial charge in [-0.1, -0.05) is 18.2 Å². The second kappa shape index (κ2) is 7.02. The van der Waals surface area contributed by atoms with Gasteiger partial charge in [0, 0.05) is 37.3 Å². The molecule has 0 aliphatic carbocycles. The van der Waals surface area contributed by atoms with Gasteiger partial charge in [0.15, 0.2) is 0 Å². The van der Waals surface area contributed by atoms with Crippen LogP contribution in [0, 0.1) is 0 Å². The Hall–Kier alpha value is -1.39. The topological polar surface area (TPSA) is 26.8 Å². The van der Waals surface area contributed by atoms with Crippen molar-refractivity contribution < 1.29 is 4.79 Å². The van der Waals surface area contributed by atoms with E-state index in [-0.39, 0.29) is 5.91 Å². The lowest BCUT2D eigenvalue weighted by Gasteiger charge is -2.45. The van der Waals surface area contributed by atoms with Gasteiger partial charge >= 0.3 is 0 Å². The SMILES string of the molecule is CN(C)CCN1CCCC12CCN(C(=O)c1ccccc1)CC2. The molecule has 0 atom stereocenters. The normalized spacial score (nSPS) is 21.3. The van der Waals surface area contributed by atoms with Crippen LogP contribution in [0.4, 0.5) is 0 Å². The van der Waals surface area contributed by atoms with Gasteiger partial charge in [-0.25, -0.2) is 0 Å². The van der Waals surface area contributed by atoms with Gasteiger partial charge in [-0.3, -0.25) is 9.69 Å². The first-order chi connectivity index (χ1) is 11.1. The van der Waals surface area contributed by atoms with E-state index in [4.69, 9.17) is 0 Å². The van der Waals surface area contributed by atoms with Crippen molar-refractivity contribution in [3.8, 4) is 0 Å². The van der Waals surface area contributed by atoms with E-state index >= 15 is 0 Å². The number of carbonyl (C=O) groups excluding carboxylic acids is 1. The number of likely N-dealkylation sites (tertiary alicyclic amines) is 2. The van der Waals surface area contributed by atoms with Gasteiger partial charge in [0.05, 0.1) is 0 Å². The summed E-state index contributed by atoms with van der Waals surface area (Å²) in [7, 11) is 4.29. The Morgan fingerprint density at radius 3 is 2.43 bits per heavy atom.